The second-order valence-electron chi connectivity index (χ2n) is 4.87. The summed E-state index contributed by atoms with van der Waals surface area (Å²) in [7, 11) is 0. The number of aliphatic hydroxyl groups excluding tert-OH is 1. The molecule has 2 heterocycles. The predicted molar refractivity (Wildman–Crippen MR) is 70.3 cm³/mol. The van der Waals surface area contributed by atoms with Gasteiger partial charge in [-0.15, -0.1) is 0 Å². The zero-order valence-corrected chi connectivity index (χ0v) is 10.2. The van der Waals surface area contributed by atoms with Crippen molar-refractivity contribution >= 4 is 11.0 Å². The standard InChI is InChI=1S/C14H18N2O2/c17-13-8-16-6-10(13)5-15-7-11-9-18-14-4-2-1-3-12(11)14/h1-4,9-10,13,15-17H,5-8H2. The highest BCUT2D eigenvalue weighted by atomic mass is 16.3. The molecule has 0 amide bonds. The largest absolute Gasteiger partial charge is 0.464 e. The molecule has 0 spiro atoms. The van der Waals surface area contributed by atoms with Gasteiger partial charge in [0.15, 0.2) is 0 Å². The minimum Gasteiger partial charge on any atom is -0.464 e. The lowest BCUT2D eigenvalue weighted by Crippen LogP contribution is -2.30. The molecule has 96 valence electrons. The Morgan fingerprint density at radius 2 is 2.22 bits per heavy atom. The van der Waals surface area contributed by atoms with Crippen LogP contribution in [0.3, 0.4) is 0 Å². The lowest BCUT2D eigenvalue weighted by atomic mass is 10.1. The zero-order valence-electron chi connectivity index (χ0n) is 10.2. The molecule has 4 nitrogen and oxygen atoms in total. The van der Waals surface area contributed by atoms with Crippen LogP contribution in [0.15, 0.2) is 34.9 Å². The average Bonchev–Trinajstić information content (AvgIpc) is 2.97. The number of hydrogen-bond acceptors (Lipinski definition) is 4. The van der Waals surface area contributed by atoms with E-state index in [1.165, 1.54) is 5.56 Å². The fraction of sp³-hybridized carbons (Fsp3) is 0.429. The molecule has 1 fully saturated rings. The Kier molecular flexibility index (Phi) is 3.32. The van der Waals surface area contributed by atoms with Crippen LogP contribution in [-0.2, 0) is 6.54 Å². The molecule has 2 aromatic rings. The van der Waals surface area contributed by atoms with Crippen LogP contribution >= 0.6 is 0 Å². The van der Waals surface area contributed by atoms with Crippen molar-refractivity contribution in [3.8, 4) is 0 Å². The molecule has 18 heavy (non-hydrogen) atoms. The number of β-amino-alcohol motifs (C(OH)–C–C–N with tert-alkyl or cyclic N) is 1. The molecule has 2 unspecified atom stereocenters. The third-order valence-electron chi connectivity index (χ3n) is 3.59. The van der Waals surface area contributed by atoms with Gasteiger partial charge in [0.05, 0.1) is 12.4 Å². The van der Waals surface area contributed by atoms with E-state index in [0.717, 1.165) is 30.6 Å². The third kappa shape index (κ3) is 2.27. The van der Waals surface area contributed by atoms with E-state index in [9.17, 15) is 5.11 Å². The topological polar surface area (TPSA) is 57.4 Å². The lowest BCUT2D eigenvalue weighted by Gasteiger charge is -2.13. The summed E-state index contributed by atoms with van der Waals surface area (Å²) in [6.07, 6.45) is 1.58. The summed E-state index contributed by atoms with van der Waals surface area (Å²) in [6.45, 7) is 3.20. The van der Waals surface area contributed by atoms with E-state index in [2.05, 4.69) is 16.7 Å². The second kappa shape index (κ2) is 5.10. The molecule has 0 radical (unpaired) electrons. The summed E-state index contributed by atoms with van der Waals surface area (Å²) in [5.41, 5.74) is 2.10. The average molecular weight is 246 g/mol. The van der Waals surface area contributed by atoms with Crippen LogP contribution in [0.2, 0.25) is 0 Å². The summed E-state index contributed by atoms with van der Waals surface area (Å²) in [6, 6.07) is 8.04. The number of rotatable bonds is 4. The van der Waals surface area contributed by atoms with Gasteiger partial charge in [-0.3, -0.25) is 0 Å². The van der Waals surface area contributed by atoms with Crippen LogP contribution in [0.5, 0.6) is 0 Å². The van der Waals surface area contributed by atoms with Crippen molar-refractivity contribution < 1.29 is 9.52 Å². The van der Waals surface area contributed by atoms with Crippen LogP contribution in [0.4, 0.5) is 0 Å². The molecular formula is C14H18N2O2. The van der Waals surface area contributed by atoms with Crippen LogP contribution in [0.1, 0.15) is 5.56 Å². The maximum atomic E-state index is 9.70. The van der Waals surface area contributed by atoms with E-state index in [-0.39, 0.29) is 6.10 Å². The van der Waals surface area contributed by atoms with Gasteiger partial charge in [0.25, 0.3) is 0 Å². The molecule has 1 saturated heterocycles. The number of para-hydroxylation sites is 1. The molecule has 0 bridgehead atoms. The fourth-order valence-corrected chi connectivity index (χ4v) is 2.49. The summed E-state index contributed by atoms with van der Waals surface area (Å²) in [5, 5.41) is 17.4. The maximum absolute atomic E-state index is 9.70. The number of aliphatic hydroxyl groups is 1. The van der Waals surface area contributed by atoms with Gasteiger partial charge in [-0.05, 0) is 6.07 Å². The Hall–Kier alpha value is -1.36. The van der Waals surface area contributed by atoms with Crippen molar-refractivity contribution in [3.05, 3.63) is 36.1 Å². The number of fused-ring (bicyclic) bond motifs is 1. The molecule has 0 saturated carbocycles. The maximum Gasteiger partial charge on any atom is 0.134 e. The first-order valence-electron chi connectivity index (χ1n) is 6.39. The molecule has 1 aliphatic heterocycles. The minimum atomic E-state index is -0.224. The van der Waals surface area contributed by atoms with Gasteiger partial charge < -0.3 is 20.2 Å². The van der Waals surface area contributed by atoms with E-state index in [1.807, 2.05) is 18.2 Å². The number of hydrogen-bond donors (Lipinski definition) is 3. The first kappa shape index (κ1) is 11.7. The number of furan rings is 1. The second-order valence-corrected chi connectivity index (χ2v) is 4.87. The monoisotopic (exact) mass is 246 g/mol. The summed E-state index contributed by atoms with van der Waals surface area (Å²) >= 11 is 0. The molecule has 2 atom stereocenters. The van der Waals surface area contributed by atoms with E-state index in [0.29, 0.717) is 12.5 Å². The molecule has 1 aromatic carbocycles. The van der Waals surface area contributed by atoms with Crippen molar-refractivity contribution in [3.63, 3.8) is 0 Å². The van der Waals surface area contributed by atoms with Crippen LogP contribution in [0.25, 0.3) is 11.0 Å². The SMILES string of the molecule is OC1CNCC1CNCc1coc2ccccc12. The van der Waals surface area contributed by atoms with Gasteiger partial charge in [-0.25, -0.2) is 0 Å². The molecule has 1 aromatic heterocycles. The summed E-state index contributed by atoms with van der Waals surface area (Å²) < 4.78 is 5.49. The van der Waals surface area contributed by atoms with Gasteiger partial charge in [0, 0.05) is 43.0 Å². The lowest BCUT2D eigenvalue weighted by molar-refractivity contribution is 0.146. The Morgan fingerprint density at radius 3 is 3.06 bits per heavy atom. The van der Waals surface area contributed by atoms with Crippen LogP contribution in [0, 0.1) is 5.92 Å². The van der Waals surface area contributed by atoms with Crippen LogP contribution in [-0.4, -0.2) is 30.8 Å². The van der Waals surface area contributed by atoms with E-state index >= 15 is 0 Å². The Morgan fingerprint density at radius 1 is 1.33 bits per heavy atom. The van der Waals surface area contributed by atoms with Gasteiger partial charge >= 0.3 is 0 Å². The fourth-order valence-electron chi connectivity index (χ4n) is 2.49. The highest BCUT2D eigenvalue weighted by molar-refractivity contribution is 5.80. The van der Waals surface area contributed by atoms with E-state index in [1.54, 1.807) is 6.26 Å². The highest BCUT2D eigenvalue weighted by Gasteiger charge is 2.24. The molecular weight excluding hydrogens is 228 g/mol. The molecule has 3 rings (SSSR count). The normalized spacial score (nSPS) is 23.8. The van der Waals surface area contributed by atoms with Crippen molar-refractivity contribution in [2.24, 2.45) is 5.92 Å². The van der Waals surface area contributed by atoms with Crippen molar-refractivity contribution in [1.29, 1.82) is 0 Å². The Bertz CT molecular complexity index is 523. The first-order chi connectivity index (χ1) is 8.84. The summed E-state index contributed by atoms with van der Waals surface area (Å²) in [5.74, 6) is 0.308. The van der Waals surface area contributed by atoms with Crippen molar-refractivity contribution in [2.75, 3.05) is 19.6 Å². The van der Waals surface area contributed by atoms with Gasteiger partial charge in [-0.1, -0.05) is 18.2 Å². The number of benzene rings is 1. The quantitative estimate of drug-likeness (QED) is 0.756. The minimum absolute atomic E-state index is 0.224. The molecule has 0 aliphatic carbocycles. The molecule has 4 heteroatoms. The molecule has 3 N–H and O–H groups in total. The van der Waals surface area contributed by atoms with Gasteiger partial charge in [-0.2, -0.15) is 0 Å². The molecule has 1 aliphatic rings. The smallest absolute Gasteiger partial charge is 0.134 e. The van der Waals surface area contributed by atoms with Crippen molar-refractivity contribution in [1.82, 2.24) is 10.6 Å². The van der Waals surface area contributed by atoms with Crippen molar-refractivity contribution in [2.45, 2.75) is 12.6 Å². The Balaban J connectivity index is 1.60. The zero-order chi connectivity index (χ0) is 12.4. The van der Waals surface area contributed by atoms with E-state index < -0.39 is 0 Å². The van der Waals surface area contributed by atoms with Crippen LogP contribution < -0.4 is 10.6 Å². The highest BCUT2D eigenvalue weighted by Crippen LogP contribution is 2.20. The summed E-state index contributed by atoms with van der Waals surface area (Å²) in [4.78, 5) is 0. The number of nitrogens with one attached hydrogen (secondary N) is 2. The third-order valence-corrected chi connectivity index (χ3v) is 3.59. The predicted octanol–water partition coefficient (Wildman–Crippen LogP) is 1.10. The van der Waals surface area contributed by atoms with Gasteiger partial charge in [0.1, 0.15) is 5.58 Å². The first-order valence-corrected chi connectivity index (χ1v) is 6.39. The van der Waals surface area contributed by atoms with E-state index in [4.69, 9.17) is 4.42 Å². The van der Waals surface area contributed by atoms with Gasteiger partial charge in [0.2, 0.25) is 0 Å². The Labute approximate surface area is 106 Å².